The number of rotatable bonds is 2. The number of hydrogen-bond donors (Lipinski definition) is 0. The summed E-state index contributed by atoms with van der Waals surface area (Å²) >= 11 is 0. The largest absolute Gasteiger partial charge is 2.00 e. The third-order valence-electron chi connectivity index (χ3n) is 4.62. The normalized spacial score (nSPS) is 13.0. The van der Waals surface area contributed by atoms with Gasteiger partial charge in [0.25, 0.3) is 0 Å². The minimum atomic E-state index is 0. The molecule has 0 nitrogen and oxygen atoms in total. The summed E-state index contributed by atoms with van der Waals surface area (Å²) in [7, 11) is 0. The zero-order valence-corrected chi connectivity index (χ0v) is 22.5. The Hall–Kier alpha value is -1.66. The molecule has 0 bridgehead atoms. The summed E-state index contributed by atoms with van der Waals surface area (Å²) in [5.74, 6) is 0. The zero-order chi connectivity index (χ0) is 19.9. The monoisotopic (exact) mass is 524 g/mol. The fourth-order valence-corrected chi connectivity index (χ4v) is 2.95. The molecular weight excluding hydrogens is 498 g/mol. The quantitative estimate of drug-likeness (QED) is 0.345. The van der Waals surface area contributed by atoms with Crippen molar-refractivity contribution < 1.29 is 26.2 Å². The van der Waals surface area contributed by atoms with E-state index in [9.17, 15) is 0 Å². The molecule has 0 amide bonds. The van der Waals surface area contributed by atoms with Crippen molar-refractivity contribution in [1.82, 2.24) is 0 Å². The summed E-state index contributed by atoms with van der Waals surface area (Å²) in [6, 6.07) is 20.7. The number of halogens is 2. The van der Waals surface area contributed by atoms with E-state index in [0.717, 1.165) is 0 Å². The molecule has 0 aromatic heterocycles. The van der Waals surface area contributed by atoms with Crippen LogP contribution in [0.25, 0.3) is 11.1 Å². The van der Waals surface area contributed by atoms with Crippen molar-refractivity contribution in [2.45, 2.75) is 27.7 Å². The molecule has 2 aromatic rings. The zero-order valence-electron chi connectivity index (χ0n) is 18.4. The predicted molar refractivity (Wildman–Crippen MR) is 136 cm³/mol. The number of hydrogen-bond acceptors (Lipinski definition) is 0. The molecule has 4 rings (SSSR count). The van der Waals surface area contributed by atoms with Gasteiger partial charge >= 0.3 is 26.2 Å². The van der Waals surface area contributed by atoms with Gasteiger partial charge in [0.2, 0.25) is 0 Å². The van der Waals surface area contributed by atoms with Gasteiger partial charge in [0.05, 0.1) is 0 Å². The molecule has 0 unspecified atom stereocenters. The Labute approximate surface area is 219 Å². The molecule has 0 saturated heterocycles. The Bertz CT molecular complexity index is 928. The minimum absolute atomic E-state index is 0. The summed E-state index contributed by atoms with van der Waals surface area (Å²) in [6.07, 6.45) is 15.3. The maximum absolute atomic E-state index is 3.39. The van der Waals surface area contributed by atoms with Crippen LogP contribution in [0.4, 0.5) is 0 Å². The first-order valence-electron chi connectivity index (χ1n) is 9.64. The smallest absolute Gasteiger partial charge is 0.152 e. The molecule has 0 radical (unpaired) electrons. The summed E-state index contributed by atoms with van der Waals surface area (Å²) in [6.45, 7) is 8.45. The van der Waals surface area contributed by atoms with Gasteiger partial charge in [-0.1, -0.05) is 99.5 Å². The Kier molecular flexibility index (Phi) is 13.6. The van der Waals surface area contributed by atoms with Crippen molar-refractivity contribution in [2.75, 3.05) is 0 Å². The molecule has 2 aliphatic carbocycles. The van der Waals surface area contributed by atoms with Gasteiger partial charge in [0, 0.05) is 0 Å². The fourth-order valence-electron chi connectivity index (χ4n) is 2.95. The van der Waals surface area contributed by atoms with Gasteiger partial charge in [-0.3, -0.25) is 0 Å². The average Bonchev–Trinajstić information content (AvgIpc) is 3.40. The van der Waals surface area contributed by atoms with Gasteiger partial charge in [0.1, 0.15) is 0 Å². The second-order valence-electron chi connectivity index (χ2n) is 7.30. The third kappa shape index (κ3) is 8.42. The van der Waals surface area contributed by atoms with Crippen molar-refractivity contribution in [3.63, 3.8) is 0 Å². The van der Waals surface area contributed by atoms with E-state index in [-0.39, 0.29) is 51.0 Å². The van der Waals surface area contributed by atoms with Crippen LogP contribution in [0.2, 0.25) is 0 Å². The standard InChI is InChI=1S/2C14H13.2ClH.Zr/c2*1-11(2)13-8-9-14(10-13)12-6-4-3-5-7-12;;;/h2*3-9H,1-2H3;2*1H;/q2*-1;;;+2. The molecule has 0 heterocycles. The van der Waals surface area contributed by atoms with E-state index in [4.69, 9.17) is 0 Å². The van der Waals surface area contributed by atoms with Gasteiger partial charge in [0.15, 0.2) is 0 Å². The molecule has 3 heteroatoms. The molecule has 158 valence electrons. The van der Waals surface area contributed by atoms with Crippen molar-refractivity contribution in [2.24, 2.45) is 0 Å². The average molecular weight is 527 g/mol. The fraction of sp³-hybridized carbons (Fsp3) is 0.143. The van der Waals surface area contributed by atoms with Gasteiger partial charge in [-0.05, 0) is 0 Å². The van der Waals surface area contributed by atoms with E-state index >= 15 is 0 Å². The second-order valence-corrected chi connectivity index (χ2v) is 7.30. The van der Waals surface area contributed by atoms with Crippen LogP contribution in [0.1, 0.15) is 38.8 Å². The van der Waals surface area contributed by atoms with Crippen LogP contribution in [0.3, 0.4) is 0 Å². The van der Waals surface area contributed by atoms with Gasteiger partial charge in [-0.15, -0.1) is 70.4 Å². The van der Waals surface area contributed by atoms with Crippen LogP contribution >= 0.6 is 24.8 Å². The second kappa shape index (κ2) is 14.4. The molecule has 2 aliphatic rings. The van der Waals surface area contributed by atoms with E-state index < -0.39 is 0 Å². The molecule has 0 atom stereocenters. The Morgan fingerprint density at radius 1 is 0.516 bits per heavy atom. The Balaban J connectivity index is 0.000000529. The maximum atomic E-state index is 3.39. The van der Waals surface area contributed by atoms with E-state index in [0.29, 0.717) is 0 Å². The van der Waals surface area contributed by atoms with Crippen molar-refractivity contribution in [3.8, 4) is 0 Å². The Morgan fingerprint density at radius 3 is 1.10 bits per heavy atom. The molecule has 2 aromatic carbocycles. The van der Waals surface area contributed by atoms with Gasteiger partial charge in [-0.2, -0.15) is 24.3 Å². The van der Waals surface area contributed by atoms with Crippen LogP contribution in [0.5, 0.6) is 0 Å². The molecule has 31 heavy (non-hydrogen) atoms. The Morgan fingerprint density at radius 2 is 0.839 bits per heavy atom. The van der Waals surface area contributed by atoms with Crippen molar-refractivity contribution >= 4 is 36.0 Å². The summed E-state index contributed by atoms with van der Waals surface area (Å²) in [4.78, 5) is 0. The summed E-state index contributed by atoms with van der Waals surface area (Å²) in [5, 5.41) is 0. The summed E-state index contributed by atoms with van der Waals surface area (Å²) < 4.78 is 0. The van der Waals surface area contributed by atoms with Crippen LogP contribution in [-0.2, 0) is 26.2 Å². The molecular formula is C28H28Cl2Zr. The first-order chi connectivity index (χ1) is 13.5. The van der Waals surface area contributed by atoms with Gasteiger partial charge < -0.3 is 0 Å². The molecule has 0 fully saturated rings. The van der Waals surface area contributed by atoms with Gasteiger partial charge in [-0.25, -0.2) is 0 Å². The topological polar surface area (TPSA) is 0 Å². The first-order valence-corrected chi connectivity index (χ1v) is 9.64. The number of allylic oxidation sites excluding steroid dienone is 12. The first kappa shape index (κ1) is 29.3. The van der Waals surface area contributed by atoms with Crippen molar-refractivity contribution in [3.05, 3.63) is 131 Å². The predicted octanol–water partition coefficient (Wildman–Crippen LogP) is 8.40. The molecule has 0 aliphatic heterocycles. The molecule has 0 spiro atoms. The van der Waals surface area contributed by atoms with Crippen LogP contribution < -0.4 is 0 Å². The third-order valence-corrected chi connectivity index (χ3v) is 4.62. The minimum Gasteiger partial charge on any atom is -0.152 e. The summed E-state index contributed by atoms with van der Waals surface area (Å²) in [5.41, 5.74) is 9.88. The maximum Gasteiger partial charge on any atom is 2.00 e. The SMILES string of the molecule is CC(C)=C1[C-]=C(c2ccccc2)C=C1.CC(C)=C1[C-]=C(c2ccccc2)C=C1.Cl.Cl.[Zr+2]. The van der Waals surface area contributed by atoms with Crippen LogP contribution in [0, 0.1) is 12.2 Å². The van der Waals surface area contributed by atoms with E-state index in [1.165, 1.54) is 44.6 Å². The van der Waals surface area contributed by atoms with E-state index in [2.05, 4.69) is 113 Å². The van der Waals surface area contributed by atoms with Crippen LogP contribution in [0.15, 0.2) is 107 Å². The number of benzene rings is 2. The van der Waals surface area contributed by atoms with E-state index in [1.807, 2.05) is 12.1 Å². The van der Waals surface area contributed by atoms with E-state index in [1.54, 1.807) is 0 Å². The van der Waals surface area contributed by atoms with Crippen LogP contribution in [-0.4, -0.2) is 0 Å². The molecule has 0 saturated carbocycles. The molecule has 0 N–H and O–H groups in total. The van der Waals surface area contributed by atoms with Crippen molar-refractivity contribution in [1.29, 1.82) is 0 Å².